The molecule has 5 rings (SSSR count). The molecule has 0 radical (unpaired) electrons. The molecule has 0 aromatic heterocycles. The molecule has 0 N–H and O–H groups in total. The number of hydrogen-bond acceptors (Lipinski definition) is 3. The Balaban J connectivity index is 1.42. The van der Waals surface area contributed by atoms with Crippen molar-refractivity contribution in [3.05, 3.63) is 59.2 Å². The lowest BCUT2D eigenvalue weighted by molar-refractivity contribution is -0.129. The smallest absolute Gasteiger partial charge is 0.288 e. The minimum atomic E-state index is -3.68. The van der Waals surface area contributed by atoms with Gasteiger partial charge in [-0.2, -0.15) is 8.42 Å². The second-order valence-corrected chi connectivity index (χ2v) is 13.5. The molecule has 0 spiro atoms. The van der Waals surface area contributed by atoms with Crippen molar-refractivity contribution in [3.8, 4) is 0 Å². The highest BCUT2D eigenvalue weighted by Gasteiger charge is 2.54. The fourth-order valence-corrected chi connectivity index (χ4v) is 9.38. The normalized spacial score (nSPS) is 30.5. The van der Waals surface area contributed by atoms with E-state index in [9.17, 15) is 13.2 Å². The summed E-state index contributed by atoms with van der Waals surface area (Å²) in [7, 11) is -4.42. The first kappa shape index (κ1) is 22.0. The summed E-state index contributed by atoms with van der Waals surface area (Å²) >= 11 is 0. The van der Waals surface area contributed by atoms with E-state index in [1.54, 1.807) is 24.3 Å². The summed E-state index contributed by atoms with van der Waals surface area (Å²) in [5.74, 6) is 2.14. The van der Waals surface area contributed by atoms with Gasteiger partial charge in [-0.05, 0) is 98.4 Å². The van der Waals surface area contributed by atoms with E-state index in [0.29, 0.717) is 23.5 Å². The van der Waals surface area contributed by atoms with E-state index in [1.807, 2.05) is 13.2 Å². The molecule has 2 aromatic rings. The Morgan fingerprint density at radius 2 is 1.78 bits per heavy atom. The molecule has 3 aliphatic carbocycles. The molecule has 0 saturated heterocycles. The number of ketones is 1. The maximum absolute atomic E-state index is 12.8. The Hall–Kier alpha value is -1.79. The van der Waals surface area contributed by atoms with Crippen molar-refractivity contribution >= 4 is 26.5 Å². The van der Waals surface area contributed by atoms with Gasteiger partial charge in [-0.15, -0.1) is 3.77 Å². The van der Waals surface area contributed by atoms with Gasteiger partial charge in [0, 0.05) is 16.7 Å². The molecule has 0 heterocycles. The van der Waals surface area contributed by atoms with Gasteiger partial charge in [0.2, 0.25) is 0 Å². The fourth-order valence-electron chi connectivity index (χ4n) is 6.46. The van der Waals surface area contributed by atoms with Crippen LogP contribution in [0.4, 0.5) is 0 Å². The van der Waals surface area contributed by atoms with E-state index in [0.717, 1.165) is 49.0 Å². The summed E-state index contributed by atoms with van der Waals surface area (Å²) in [5.41, 5.74) is 3.69. The van der Waals surface area contributed by atoms with Crippen molar-refractivity contribution in [2.45, 2.75) is 68.1 Å². The van der Waals surface area contributed by atoms with E-state index in [2.05, 4.69) is 28.9 Å². The molecule has 0 bridgehead atoms. The van der Waals surface area contributed by atoms with Gasteiger partial charge in [-0.1, -0.05) is 41.4 Å². The zero-order valence-corrected chi connectivity index (χ0v) is 20.6. The van der Waals surface area contributed by atoms with Crippen LogP contribution in [0, 0.1) is 24.2 Å². The quantitative estimate of drug-likeness (QED) is 0.588. The van der Waals surface area contributed by atoms with E-state index >= 15 is 0 Å². The lowest BCUT2D eigenvalue weighted by Gasteiger charge is -2.48. The predicted octanol–water partition coefficient (Wildman–Crippen LogP) is 5.60. The molecule has 5 atom stereocenters. The van der Waals surface area contributed by atoms with E-state index in [4.69, 9.17) is 0 Å². The summed E-state index contributed by atoms with van der Waals surface area (Å²) in [6, 6.07) is 13.4. The Morgan fingerprint density at radius 3 is 2.53 bits per heavy atom. The van der Waals surface area contributed by atoms with Gasteiger partial charge >= 0.3 is 0 Å². The molecule has 2 saturated carbocycles. The molecular weight excluding hydrogens is 438 g/mol. The van der Waals surface area contributed by atoms with Crippen LogP contribution < -0.4 is 0 Å². The molecule has 1 unspecified atom stereocenters. The Kier molecular flexibility index (Phi) is 5.44. The number of carbonyl (C=O) groups is 1. The van der Waals surface area contributed by atoms with Crippen molar-refractivity contribution in [2.24, 2.45) is 21.0 Å². The van der Waals surface area contributed by atoms with Crippen LogP contribution >= 0.6 is 0 Å². The summed E-state index contributed by atoms with van der Waals surface area (Å²) < 4.78 is 29.8. The van der Waals surface area contributed by atoms with Gasteiger partial charge in [0.05, 0.1) is 4.90 Å². The first-order valence-corrected chi connectivity index (χ1v) is 14.6. The van der Waals surface area contributed by atoms with Crippen LogP contribution in [0.3, 0.4) is 0 Å². The summed E-state index contributed by atoms with van der Waals surface area (Å²) in [6.45, 7) is 4.15. The third-order valence-electron chi connectivity index (χ3n) is 8.28. The molecule has 0 amide bonds. The number of carbonyl (C=O) groups excluding carboxylic acids is 1. The fraction of sp³-hybridized carbons (Fsp3) is 0.500. The molecular formula is C26H31NO3S2. The zero-order valence-electron chi connectivity index (χ0n) is 19.0. The van der Waals surface area contributed by atoms with Crippen LogP contribution in [0.5, 0.6) is 0 Å². The molecule has 6 heteroatoms. The van der Waals surface area contributed by atoms with Gasteiger partial charge in [0.25, 0.3) is 10.0 Å². The van der Waals surface area contributed by atoms with Crippen molar-refractivity contribution in [2.75, 3.05) is 6.26 Å². The summed E-state index contributed by atoms with van der Waals surface area (Å²) in [5, 5.41) is 0. The number of sulfonamides is 1. The van der Waals surface area contributed by atoms with Crippen LogP contribution in [0.1, 0.15) is 61.6 Å². The van der Waals surface area contributed by atoms with Gasteiger partial charge in [0.15, 0.2) is 0 Å². The maximum atomic E-state index is 12.8. The number of aryl methyl sites for hydroxylation is 2. The number of Topliss-reactive ketones (excluding diaryl/α,β-unsaturated/α-hetero) is 1. The van der Waals surface area contributed by atoms with Gasteiger partial charge < -0.3 is 0 Å². The maximum Gasteiger partial charge on any atom is 0.288 e. The van der Waals surface area contributed by atoms with Crippen LogP contribution in [0.15, 0.2) is 56.0 Å². The first-order chi connectivity index (χ1) is 15.2. The molecule has 2 fully saturated rings. The minimum Gasteiger partial charge on any atom is -0.299 e. The largest absolute Gasteiger partial charge is 0.299 e. The zero-order chi connectivity index (χ0) is 22.7. The highest BCUT2D eigenvalue weighted by atomic mass is 32.3. The Labute approximate surface area is 194 Å². The molecule has 32 heavy (non-hydrogen) atoms. The lowest BCUT2D eigenvalue weighted by Crippen LogP contribution is -2.42. The summed E-state index contributed by atoms with van der Waals surface area (Å²) in [4.78, 5) is 13.8. The van der Waals surface area contributed by atoms with Crippen molar-refractivity contribution < 1.29 is 13.2 Å². The number of rotatable bonds is 3. The third kappa shape index (κ3) is 3.60. The monoisotopic (exact) mass is 469 g/mol. The average Bonchev–Trinajstić information content (AvgIpc) is 3.07. The van der Waals surface area contributed by atoms with E-state index in [1.165, 1.54) is 11.1 Å². The van der Waals surface area contributed by atoms with E-state index < -0.39 is 20.7 Å². The standard InChI is InChI=1S/C26H31NO3S2/c1-17-4-8-20(9-5-17)32(29,30)27-31(3)19-7-11-21-18(16-19)6-10-23-22(21)14-15-26(2)24(23)12-13-25(26)28/h4-5,7-9,11,16,22-24H,6,10,12-15H2,1-3H3/t22-,23-,24+,26+,31?/m1/s1. The second-order valence-electron chi connectivity index (χ2n) is 10.0. The Bertz CT molecular complexity index is 1220. The van der Waals surface area contributed by atoms with Gasteiger partial charge in [0.1, 0.15) is 5.78 Å². The molecule has 0 aliphatic heterocycles. The highest BCUT2D eigenvalue weighted by molar-refractivity contribution is 7.99. The molecule has 170 valence electrons. The minimum absolute atomic E-state index is 0.0995. The number of nitrogens with zero attached hydrogens (tertiary/aromatic N) is 1. The van der Waals surface area contributed by atoms with Crippen LogP contribution in [-0.2, 0) is 31.9 Å². The lowest BCUT2D eigenvalue weighted by atomic mass is 9.55. The third-order valence-corrected chi connectivity index (χ3v) is 11.8. The number of benzene rings is 2. The molecule has 3 aliphatic rings. The SMILES string of the molecule is Cc1ccc(S(=O)(=O)/N=S(\C)c2ccc3c(c2)CC[C@@H]2[C@@H]3CC[C@]3(C)C(=O)CC[C@@H]23)cc1. The second kappa shape index (κ2) is 7.91. The van der Waals surface area contributed by atoms with Crippen LogP contribution in [0.2, 0.25) is 0 Å². The summed E-state index contributed by atoms with van der Waals surface area (Å²) in [6.07, 6.45) is 7.91. The van der Waals surface area contributed by atoms with Gasteiger partial charge in [-0.3, -0.25) is 4.79 Å². The predicted molar refractivity (Wildman–Crippen MR) is 128 cm³/mol. The first-order valence-electron chi connectivity index (χ1n) is 11.6. The van der Waals surface area contributed by atoms with Gasteiger partial charge in [-0.25, -0.2) is 0 Å². The van der Waals surface area contributed by atoms with E-state index in [-0.39, 0.29) is 10.3 Å². The topological polar surface area (TPSA) is 63.6 Å². The Morgan fingerprint density at radius 1 is 1.03 bits per heavy atom. The number of hydrogen-bond donors (Lipinski definition) is 0. The van der Waals surface area contributed by atoms with Crippen molar-refractivity contribution in [1.29, 1.82) is 0 Å². The van der Waals surface area contributed by atoms with Crippen LogP contribution in [-0.4, -0.2) is 20.5 Å². The van der Waals surface area contributed by atoms with Crippen molar-refractivity contribution in [3.63, 3.8) is 0 Å². The highest BCUT2D eigenvalue weighted by Crippen LogP contribution is 2.59. The molecule has 2 aromatic carbocycles. The van der Waals surface area contributed by atoms with Crippen LogP contribution in [0.25, 0.3) is 0 Å². The number of fused-ring (bicyclic) bond motifs is 5. The molecule has 4 nitrogen and oxygen atoms in total. The van der Waals surface area contributed by atoms with Crippen molar-refractivity contribution in [1.82, 2.24) is 0 Å². The average molecular weight is 470 g/mol.